The highest BCUT2D eigenvalue weighted by atomic mass is 16.4. The number of aliphatic carboxylic acids is 1. The summed E-state index contributed by atoms with van der Waals surface area (Å²) in [7, 11) is 0. The lowest BCUT2D eigenvalue weighted by atomic mass is 9.77. The first-order valence-electron chi connectivity index (χ1n) is 14.6. The standard InChI is InChI=1S/C34H38N4O4/c1-34(2,3)28(33(41)42)20-23-9-8-12-26(19-23)35-31(39)30(24-10-4-5-11-24)25-17-15-22(16-18-25)21-38-32(40)27-13-6-7-14-29(27)36-37-38/h6-9,12-19,24,28,30H,4-5,10-11,20-21H2,1-3H3,(H,35,39)(H,41,42). The summed E-state index contributed by atoms with van der Waals surface area (Å²) in [5, 5.41) is 21.7. The molecule has 0 spiro atoms. The van der Waals surface area contributed by atoms with E-state index in [1.54, 1.807) is 12.1 Å². The molecule has 218 valence electrons. The number of carboxylic acids is 1. The van der Waals surface area contributed by atoms with Gasteiger partial charge in [0, 0.05) is 5.69 Å². The van der Waals surface area contributed by atoms with Crippen molar-refractivity contribution in [3.8, 4) is 0 Å². The minimum Gasteiger partial charge on any atom is -0.481 e. The lowest BCUT2D eigenvalue weighted by molar-refractivity contribution is -0.145. The highest BCUT2D eigenvalue weighted by Gasteiger charge is 2.33. The molecule has 1 aromatic heterocycles. The van der Waals surface area contributed by atoms with Crippen molar-refractivity contribution in [2.24, 2.45) is 17.3 Å². The fraction of sp³-hybridized carbons (Fsp3) is 0.382. The molecule has 2 atom stereocenters. The molecule has 8 heteroatoms. The molecular weight excluding hydrogens is 528 g/mol. The van der Waals surface area contributed by atoms with E-state index in [9.17, 15) is 19.5 Å². The number of hydrogen-bond acceptors (Lipinski definition) is 5. The lowest BCUT2D eigenvalue weighted by Crippen LogP contribution is -2.30. The zero-order valence-electron chi connectivity index (χ0n) is 24.4. The van der Waals surface area contributed by atoms with Gasteiger partial charge in [-0.05, 0) is 71.6 Å². The molecule has 1 amide bonds. The number of nitrogens with one attached hydrogen (secondary N) is 1. The van der Waals surface area contributed by atoms with E-state index in [4.69, 9.17) is 0 Å². The van der Waals surface area contributed by atoms with Crippen LogP contribution in [-0.2, 0) is 22.6 Å². The van der Waals surface area contributed by atoms with Crippen molar-refractivity contribution in [1.29, 1.82) is 0 Å². The molecule has 1 aliphatic carbocycles. The van der Waals surface area contributed by atoms with E-state index < -0.39 is 11.9 Å². The minimum absolute atomic E-state index is 0.0611. The summed E-state index contributed by atoms with van der Waals surface area (Å²) in [6.07, 6.45) is 4.59. The van der Waals surface area contributed by atoms with Gasteiger partial charge >= 0.3 is 5.97 Å². The van der Waals surface area contributed by atoms with E-state index in [0.29, 0.717) is 23.0 Å². The first kappa shape index (κ1) is 29.2. The SMILES string of the molecule is CC(C)(C)C(Cc1cccc(NC(=O)C(c2ccc(Cn3nnc4ccccc4c3=O)cc2)C2CCCC2)c1)C(=O)O. The van der Waals surface area contributed by atoms with E-state index in [1.807, 2.05) is 81.4 Å². The monoisotopic (exact) mass is 566 g/mol. The van der Waals surface area contributed by atoms with E-state index in [1.165, 1.54) is 4.68 Å². The highest BCUT2D eigenvalue weighted by molar-refractivity contribution is 5.96. The molecule has 0 saturated heterocycles. The first-order valence-corrected chi connectivity index (χ1v) is 14.6. The Kier molecular flexibility index (Phi) is 8.52. The van der Waals surface area contributed by atoms with Crippen molar-refractivity contribution >= 4 is 28.5 Å². The summed E-state index contributed by atoms with van der Waals surface area (Å²) in [6, 6.07) is 22.5. The average molecular weight is 567 g/mol. The summed E-state index contributed by atoms with van der Waals surface area (Å²) in [6.45, 7) is 6.09. The molecule has 0 radical (unpaired) electrons. The van der Waals surface area contributed by atoms with Gasteiger partial charge in [-0.2, -0.15) is 0 Å². The van der Waals surface area contributed by atoms with Gasteiger partial charge in [-0.3, -0.25) is 14.4 Å². The molecule has 8 nitrogen and oxygen atoms in total. The maximum atomic E-state index is 13.8. The van der Waals surface area contributed by atoms with Crippen LogP contribution >= 0.6 is 0 Å². The maximum Gasteiger partial charge on any atom is 0.307 e. The van der Waals surface area contributed by atoms with Gasteiger partial charge in [0.15, 0.2) is 0 Å². The number of aromatic nitrogens is 3. The zero-order chi connectivity index (χ0) is 29.9. The van der Waals surface area contributed by atoms with Crippen LogP contribution in [0.5, 0.6) is 0 Å². The number of nitrogens with zero attached hydrogens (tertiary/aromatic N) is 3. The molecule has 1 heterocycles. The topological polar surface area (TPSA) is 114 Å². The number of rotatable bonds is 9. The molecule has 5 rings (SSSR count). The van der Waals surface area contributed by atoms with Crippen LogP contribution in [0.4, 0.5) is 5.69 Å². The molecule has 2 N–H and O–H groups in total. The molecule has 42 heavy (non-hydrogen) atoms. The van der Waals surface area contributed by atoms with Crippen molar-refractivity contribution in [2.45, 2.75) is 65.3 Å². The Morgan fingerprint density at radius 3 is 2.38 bits per heavy atom. The van der Waals surface area contributed by atoms with Crippen molar-refractivity contribution in [3.63, 3.8) is 0 Å². The van der Waals surface area contributed by atoms with Crippen molar-refractivity contribution < 1.29 is 14.7 Å². The number of carboxylic acid groups (broad SMARTS) is 1. The molecule has 3 aromatic carbocycles. The maximum absolute atomic E-state index is 13.8. The quantitative estimate of drug-likeness (QED) is 0.255. The Labute approximate surface area is 245 Å². The Bertz CT molecular complexity index is 1630. The number of benzene rings is 3. The third-order valence-electron chi connectivity index (χ3n) is 8.43. The van der Waals surface area contributed by atoms with Gasteiger partial charge in [-0.15, -0.1) is 5.10 Å². The van der Waals surface area contributed by atoms with Gasteiger partial charge in [-0.1, -0.05) is 87.4 Å². The summed E-state index contributed by atoms with van der Waals surface area (Å²) in [5.41, 5.74) is 3.38. The molecule has 4 aromatic rings. The summed E-state index contributed by atoms with van der Waals surface area (Å²) in [4.78, 5) is 38.6. The Hall–Kier alpha value is -4.33. The van der Waals surface area contributed by atoms with Crippen LogP contribution in [-0.4, -0.2) is 32.0 Å². The number of carbonyl (C=O) groups excluding carboxylic acids is 1. The second-order valence-corrected chi connectivity index (χ2v) is 12.5. The van der Waals surface area contributed by atoms with Gasteiger partial charge in [0.2, 0.25) is 5.91 Å². The number of amides is 1. The molecule has 0 bridgehead atoms. The van der Waals surface area contributed by atoms with E-state index >= 15 is 0 Å². The molecule has 1 fully saturated rings. The lowest BCUT2D eigenvalue weighted by Gasteiger charge is -2.27. The van der Waals surface area contributed by atoms with Crippen LogP contribution in [0.1, 0.15) is 69.1 Å². The Morgan fingerprint density at radius 2 is 1.69 bits per heavy atom. The van der Waals surface area contributed by atoms with Crippen molar-refractivity contribution in [1.82, 2.24) is 15.0 Å². The minimum atomic E-state index is -0.820. The molecule has 0 aliphatic heterocycles. The fourth-order valence-electron chi connectivity index (χ4n) is 6.05. The molecule has 2 unspecified atom stereocenters. The second-order valence-electron chi connectivity index (χ2n) is 12.5. The van der Waals surface area contributed by atoms with Gasteiger partial charge in [-0.25, -0.2) is 4.68 Å². The number of carbonyl (C=O) groups is 2. The first-order chi connectivity index (χ1) is 20.1. The predicted octanol–water partition coefficient (Wildman–Crippen LogP) is 6.04. The fourth-order valence-corrected chi connectivity index (χ4v) is 6.05. The summed E-state index contributed by atoms with van der Waals surface area (Å²) < 4.78 is 1.36. The van der Waals surface area contributed by atoms with Gasteiger partial charge in [0.1, 0.15) is 5.52 Å². The van der Waals surface area contributed by atoms with Crippen molar-refractivity contribution in [3.05, 3.63) is 99.8 Å². The van der Waals surface area contributed by atoms with Crippen LogP contribution in [0.25, 0.3) is 10.9 Å². The number of anilines is 1. The molecular formula is C34H38N4O4. The van der Waals surface area contributed by atoms with E-state index in [2.05, 4.69) is 15.6 Å². The second kappa shape index (κ2) is 12.3. The van der Waals surface area contributed by atoms with E-state index in [-0.39, 0.29) is 35.3 Å². The zero-order valence-corrected chi connectivity index (χ0v) is 24.4. The van der Waals surface area contributed by atoms with Crippen LogP contribution in [0.15, 0.2) is 77.6 Å². The van der Waals surface area contributed by atoms with Crippen LogP contribution < -0.4 is 10.9 Å². The van der Waals surface area contributed by atoms with E-state index in [0.717, 1.165) is 42.4 Å². The average Bonchev–Trinajstić information content (AvgIpc) is 3.48. The third kappa shape index (κ3) is 6.59. The highest BCUT2D eigenvalue weighted by Crippen LogP contribution is 2.38. The Morgan fingerprint density at radius 1 is 0.976 bits per heavy atom. The van der Waals surface area contributed by atoms with Gasteiger partial charge in [0.25, 0.3) is 5.56 Å². The van der Waals surface area contributed by atoms with Crippen LogP contribution in [0.3, 0.4) is 0 Å². The van der Waals surface area contributed by atoms with Crippen molar-refractivity contribution in [2.75, 3.05) is 5.32 Å². The smallest absolute Gasteiger partial charge is 0.307 e. The summed E-state index contributed by atoms with van der Waals surface area (Å²) in [5.74, 6) is -1.49. The number of fused-ring (bicyclic) bond motifs is 1. The third-order valence-corrected chi connectivity index (χ3v) is 8.43. The van der Waals surface area contributed by atoms with Crippen LogP contribution in [0, 0.1) is 17.3 Å². The summed E-state index contributed by atoms with van der Waals surface area (Å²) >= 11 is 0. The number of hydrogen-bond donors (Lipinski definition) is 2. The molecule has 1 saturated carbocycles. The van der Waals surface area contributed by atoms with Gasteiger partial charge < -0.3 is 10.4 Å². The van der Waals surface area contributed by atoms with Gasteiger partial charge in [0.05, 0.1) is 23.8 Å². The largest absolute Gasteiger partial charge is 0.481 e. The predicted molar refractivity (Wildman–Crippen MR) is 163 cm³/mol. The Balaban J connectivity index is 1.34. The molecule has 1 aliphatic rings. The van der Waals surface area contributed by atoms with Crippen LogP contribution in [0.2, 0.25) is 0 Å². The normalized spacial score (nSPS) is 15.4.